The summed E-state index contributed by atoms with van der Waals surface area (Å²) in [5.41, 5.74) is 0.0351. The van der Waals surface area contributed by atoms with Gasteiger partial charge in [-0.05, 0) is 12.8 Å². The summed E-state index contributed by atoms with van der Waals surface area (Å²) in [4.78, 5) is 7.44. The summed E-state index contributed by atoms with van der Waals surface area (Å²) in [6.07, 6.45) is 1.12. The van der Waals surface area contributed by atoms with E-state index in [1.54, 1.807) is 9.80 Å². The predicted molar refractivity (Wildman–Crippen MR) is 103 cm³/mol. The van der Waals surface area contributed by atoms with Crippen LogP contribution in [0.5, 0.6) is 0 Å². The molecule has 0 saturated carbocycles. The first-order valence-electron chi connectivity index (χ1n) is 10.5. The lowest BCUT2D eigenvalue weighted by molar-refractivity contribution is 0.0114. The van der Waals surface area contributed by atoms with Gasteiger partial charge in [-0.1, -0.05) is 0 Å². The van der Waals surface area contributed by atoms with Crippen LogP contribution in [0.2, 0.25) is 0 Å². The fraction of sp³-hybridized carbons (Fsp3) is 0.800. The highest BCUT2D eigenvalue weighted by atomic mass is 19.3. The van der Waals surface area contributed by atoms with E-state index in [1.807, 2.05) is 21.9 Å². The number of alkyl halides is 4. The van der Waals surface area contributed by atoms with Crippen molar-refractivity contribution in [3.63, 3.8) is 0 Å². The summed E-state index contributed by atoms with van der Waals surface area (Å²) in [5.74, 6) is -4.63. The van der Waals surface area contributed by atoms with Crippen LogP contribution < -0.4 is 0 Å². The van der Waals surface area contributed by atoms with E-state index in [4.69, 9.17) is 0 Å². The number of halogens is 4. The van der Waals surface area contributed by atoms with Crippen molar-refractivity contribution in [2.45, 2.75) is 37.5 Å². The second-order valence-electron chi connectivity index (χ2n) is 8.37. The van der Waals surface area contributed by atoms with Crippen LogP contribution in [-0.2, 0) is 0 Å². The third-order valence-electron chi connectivity index (χ3n) is 5.99. The lowest BCUT2D eigenvalue weighted by Crippen LogP contribution is -2.31. The number of hydrogen-bond acceptors (Lipinski definition) is 6. The summed E-state index contributed by atoms with van der Waals surface area (Å²) in [7, 11) is 0. The molecule has 0 aromatic carbocycles. The average molecular weight is 428 g/mol. The zero-order chi connectivity index (χ0) is 21.8. The molecule has 0 amide bonds. The first-order valence-corrected chi connectivity index (χ1v) is 10.5. The van der Waals surface area contributed by atoms with Gasteiger partial charge in [-0.3, -0.25) is 9.80 Å². The van der Waals surface area contributed by atoms with Gasteiger partial charge in [0.25, 0.3) is 11.8 Å². The maximum Gasteiger partial charge on any atom is 0.261 e. The second kappa shape index (κ2) is 9.40. The molecule has 0 N–H and O–H groups in total. The van der Waals surface area contributed by atoms with Gasteiger partial charge in [-0.15, -0.1) is 0 Å². The van der Waals surface area contributed by atoms with Crippen molar-refractivity contribution in [1.82, 2.24) is 19.6 Å². The zero-order valence-electron chi connectivity index (χ0n) is 17.1. The van der Waals surface area contributed by atoms with Crippen LogP contribution >= 0.6 is 0 Å². The fourth-order valence-electron chi connectivity index (χ4n) is 4.50. The number of likely N-dealkylation sites (tertiary alicyclic amines) is 2. The Labute approximate surface area is 174 Å². The minimum atomic E-state index is -2.61. The monoisotopic (exact) mass is 428 g/mol. The van der Waals surface area contributed by atoms with Gasteiger partial charge in [0.1, 0.15) is 18.0 Å². The lowest BCUT2D eigenvalue weighted by Gasteiger charge is -2.26. The molecule has 3 saturated heterocycles. The van der Waals surface area contributed by atoms with E-state index in [-0.39, 0.29) is 31.5 Å². The highest BCUT2D eigenvalue weighted by Gasteiger charge is 2.39. The molecule has 166 valence electrons. The van der Waals surface area contributed by atoms with E-state index < -0.39 is 11.8 Å². The molecule has 0 unspecified atom stereocenters. The molecule has 3 rings (SSSR count). The summed E-state index contributed by atoms with van der Waals surface area (Å²) >= 11 is 0. The standard InChI is InChI=1S/C20H28F4N6/c21-19(22)3-9-27(15-19)5-1-7-29-11-12-30(18(29)17(13-25)14-26)8-2-6-28-10-4-20(23,24)16-28/h1-12,15-16H2. The molecule has 6 nitrogen and oxygen atoms in total. The molecule has 10 heteroatoms. The molecule has 3 heterocycles. The van der Waals surface area contributed by atoms with Crippen LogP contribution in [0, 0.1) is 22.7 Å². The number of nitriles is 2. The maximum atomic E-state index is 13.3. The molecule has 0 spiro atoms. The number of rotatable bonds is 8. The Morgan fingerprint density at radius 1 is 0.733 bits per heavy atom. The molecule has 0 aromatic rings. The van der Waals surface area contributed by atoms with Gasteiger partial charge in [0.15, 0.2) is 5.57 Å². The Kier molecular flexibility index (Phi) is 7.10. The first-order chi connectivity index (χ1) is 14.2. The quantitative estimate of drug-likeness (QED) is 0.437. The Balaban J connectivity index is 1.50. The second-order valence-corrected chi connectivity index (χ2v) is 8.37. The van der Waals surface area contributed by atoms with Crippen molar-refractivity contribution in [3.05, 3.63) is 11.4 Å². The zero-order valence-corrected chi connectivity index (χ0v) is 17.1. The normalized spacial score (nSPS) is 23.7. The fourth-order valence-corrected chi connectivity index (χ4v) is 4.50. The van der Waals surface area contributed by atoms with Gasteiger partial charge in [-0.2, -0.15) is 10.5 Å². The van der Waals surface area contributed by atoms with Gasteiger partial charge in [0.05, 0.1) is 13.1 Å². The third-order valence-corrected chi connectivity index (χ3v) is 5.99. The predicted octanol–water partition coefficient (Wildman–Crippen LogP) is 2.32. The van der Waals surface area contributed by atoms with Crippen LogP contribution in [0.3, 0.4) is 0 Å². The summed E-state index contributed by atoms with van der Waals surface area (Å²) in [6.45, 7) is 3.93. The lowest BCUT2D eigenvalue weighted by atomic mass is 10.2. The average Bonchev–Trinajstić information content (AvgIpc) is 3.34. The van der Waals surface area contributed by atoms with Gasteiger partial charge >= 0.3 is 0 Å². The highest BCUT2D eigenvalue weighted by Crippen LogP contribution is 2.28. The van der Waals surface area contributed by atoms with E-state index in [0.717, 1.165) is 0 Å². The molecule has 0 bridgehead atoms. The Bertz CT molecular complexity index is 668. The van der Waals surface area contributed by atoms with Gasteiger partial charge < -0.3 is 9.80 Å². The Morgan fingerprint density at radius 2 is 1.17 bits per heavy atom. The van der Waals surface area contributed by atoms with E-state index >= 15 is 0 Å². The molecule has 0 radical (unpaired) electrons. The van der Waals surface area contributed by atoms with Gasteiger partial charge in [0, 0.05) is 65.2 Å². The van der Waals surface area contributed by atoms with Crippen LogP contribution in [-0.4, -0.2) is 96.9 Å². The van der Waals surface area contributed by atoms with E-state index in [9.17, 15) is 28.1 Å². The van der Waals surface area contributed by atoms with Gasteiger partial charge in [0.2, 0.25) is 0 Å². The minimum absolute atomic E-state index is 0.0351. The molecule has 0 atom stereocenters. The first kappa shape index (κ1) is 22.6. The summed E-state index contributed by atoms with van der Waals surface area (Å²) in [6, 6.07) is 3.91. The molecule has 3 aliphatic heterocycles. The summed E-state index contributed by atoms with van der Waals surface area (Å²) < 4.78 is 53.3. The third kappa shape index (κ3) is 5.77. The largest absolute Gasteiger partial charge is 0.355 e. The van der Waals surface area contributed by atoms with E-state index in [1.165, 1.54) is 0 Å². The van der Waals surface area contributed by atoms with Crippen LogP contribution in [0.15, 0.2) is 11.4 Å². The van der Waals surface area contributed by atoms with Crippen molar-refractivity contribution in [2.24, 2.45) is 0 Å². The minimum Gasteiger partial charge on any atom is -0.355 e. The summed E-state index contributed by atoms with van der Waals surface area (Å²) in [5, 5.41) is 18.7. The molecule has 3 fully saturated rings. The number of allylic oxidation sites excluding steroid dienone is 1. The van der Waals surface area contributed by atoms with Crippen LogP contribution in [0.25, 0.3) is 0 Å². The van der Waals surface area contributed by atoms with Crippen molar-refractivity contribution < 1.29 is 17.6 Å². The van der Waals surface area contributed by atoms with Crippen molar-refractivity contribution >= 4 is 0 Å². The number of nitrogens with zero attached hydrogens (tertiary/aromatic N) is 6. The molecular weight excluding hydrogens is 400 g/mol. The molecule has 30 heavy (non-hydrogen) atoms. The van der Waals surface area contributed by atoms with Crippen molar-refractivity contribution in [3.8, 4) is 12.1 Å². The van der Waals surface area contributed by atoms with E-state index in [0.29, 0.717) is 71.0 Å². The van der Waals surface area contributed by atoms with Crippen molar-refractivity contribution in [2.75, 3.05) is 65.4 Å². The topological polar surface area (TPSA) is 60.5 Å². The van der Waals surface area contributed by atoms with Crippen LogP contribution in [0.1, 0.15) is 25.7 Å². The van der Waals surface area contributed by atoms with Gasteiger partial charge in [-0.25, -0.2) is 17.6 Å². The molecule has 0 aliphatic carbocycles. The molecule has 0 aromatic heterocycles. The Hall–Kier alpha value is -2.04. The SMILES string of the molecule is N#CC(C#N)=C1N(CCCN2CCC(F)(F)C2)CCN1CCCN1CCC(F)(F)C1. The maximum absolute atomic E-state index is 13.3. The molecule has 3 aliphatic rings. The highest BCUT2D eigenvalue weighted by molar-refractivity contribution is 5.40. The smallest absolute Gasteiger partial charge is 0.261 e. The van der Waals surface area contributed by atoms with E-state index in [2.05, 4.69) is 0 Å². The number of hydrogen-bond donors (Lipinski definition) is 0. The molecular formula is C20H28F4N6. The Morgan fingerprint density at radius 3 is 1.50 bits per heavy atom. The van der Waals surface area contributed by atoms with Crippen molar-refractivity contribution in [1.29, 1.82) is 10.5 Å². The van der Waals surface area contributed by atoms with Crippen LogP contribution in [0.4, 0.5) is 17.6 Å².